The van der Waals surface area contributed by atoms with E-state index >= 15 is 0 Å². The van der Waals surface area contributed by atoms with E-state index in [1.165, 1.54) is 53.8 Å². The first kappa shape index (κ1) is 59.0. The molecular formula is C42H56N18O19P2-2. The summed E-state index contributed by atoms with van der Waals surface area (Å²) in [5.41, 5.74) is 18.8. The molecule has 9 rings (SSSR count). The van der Waals surface area contributed by atoms with Gasteiger partial charge in [0.1, 0.15) is 90.5 Å². The van der Waals surface area contributed by atoms with Gasteiger partial charge in [0.2, 0.25) is 17.7 Å². The number of nitrogens with one attached hydrogen (secondary N) is 3. The summed E-state index contributed by atoms with van der Waals surface area (Å²) >= 11 is 0. The minimum atomic E-state index is -5.72. The number of aliphatic hydroxyl groups excluding tert-OH is 2. The number of anilines is 3. The molecule has 14 atom stereocenters. The van der Waals surface area contributed by atoms with Crippen molar-refractivity contribution in [2.45, 2.75) is 92.9 Å². The third kappa shape index (κ3) is 12.9. The summed E-state index contributed by atoms with van der Waals surface area (Å²) in [5, 5.41) is 29.5. The summed E-state index contributed by atoms with van der Waals surface area (Å²) in [6.45, 7) is -3.82. The van der Waals surface area contributed by atoms with Crippen LogP contribution in [0.3, 0.4) is 0 Å². The molecule has 0 spiro atoms. The first-order chi connectivity index (χ1) is 38.8. The third-order valence-electron chi connectivity index (χ3n) is 13.1. The van der Waals surface area contributed by atoms with Crippen molar-refractivity contribution in [3.8, 4) is 0 Å². The van der Waals surface area contributed by atoms with Gasteiger partial charge >= 0.3 is 0 Å². The van der Waals surface area contributed by atoms with Crippen LogP contribution in [-0.4, -0.2) is 202 Å². The van der Waals surface area contributed by atoms with Gasteiger partial charge in [0.15, 0.2) is 53.1 Å². The van der Waals surface area contributed by atoms with E-state index in [0.717, 1.165) is 19.0 Å². The monoisotopic (exact) mass is 1180 g/mol. The van der Waals surface area contributed by atoms with Crippen molar-refractivity contribution < 1.29 is 90.0 Å². The van der Waals surface area contributed by atoms with Gasteiger partial charge < -0.3 is 99.7 Å². The van der Waals surface area contributed by atoms with Crippen molar-refractivity contribution in [2.75, 3.05) is 78.0 Å². The number of rotatable bonds is 26. The van der Waals surface area contributed by atoms with Gasteiger partial charge in [-0.2, -0.15) is 0 Å². The Morgan fingerprint density at radius 3 is 1.30 bits per heavy atom. The van der Waals surface area contributed by atoms with E-state index in [9.17, 15) is 43.5 Å². The predicted molar refractivity (Wildman–Crippen MR) is 266 cm³/mol. The molecule has 6 aromatic heterocycles. The van der Waals surface area contributed by atoms with Gasteiger partial charge in [-0.05, 0) is 0 Å². The molecule has 6 aromatic rings. The van der Waals surface area contributed by atoms with Gasteiger partial charge in [0.25, 0.3) is 15.6 Å². The lowest BCUT2D eigenvalue weighted by atomic mass is 10.1. The highest BCUT2D eigenvalue weighted by Gasteiger charge is 2.53. The highest BCUT2D eigenvalue weighted by Crippen LogP contribution is 2.51. The van der Waals surface area contributed by atoms with E-state index in [0.29, 0.717) is 0 Å². The molecule has 3 aliphatic heterocycles. The molecule has 3 amide bonds. The second kappa shape index (κ2) is 25.2. The molecule has 5 unspecified atom stereocenters. The van der Waals surface area contributed by atoms with Crippen molar-refractivity contribution in [1.29, 1.82) is 0 Å². The summed E-state index contributed by atoms with van der Waals surface area (Å²) in [6, 6.07) is 0. The average Bonchev–Trinajstić information content (AvgIpc) is 4.43. The maximum absolute atomic E-state index is 14.2. The van der Waals surface area contributed by atoms with Crippen molar-refractivity contribution in [3.05, 3.63) is 38.0 Å². The first-order valence-corrected chi connectivity index (χ1v) is 27.6. The number of aliphatic hydroxyl groups is 2. The molecule has 0 aliphatic carbocycles. The zero-order chi connectivity index (χ0) is 57.8. The number of aromatic nitrogens is 12. The fourth-order valence-electron chi connectivity index (χ4n) is 9.11. The van der Waals surface area contributed by atoms with Gasteiger partial charge in [-0.25, -0.2) is 44.9 Å². The zero-order valence-electron chi connectivity index (χ0n) is 43.1. The lowest BCUT2D eigenvalue weighted by Gasteiger charge is -2.33. The minimum Gasteiger partial charge on any atom is -0.756 e. The molecule has 0 radical (unpaired) electrons. The molecule has 0 saturated carbocycles. The number of carbonyl (C=O) groups is 3. The Balaban J connectivity index is 0.989. The van der Waals surface area contributed by atoms with Crippen molar-refractivity contribution in [1.82, 2.24) is 74.5 Å². The van der Waals surface area contributed by atoms with Crippen LogP contribution in [0.2, 0.25) is 0 Å². The molecule has 9 heterocycles. The predicted octanol–water partition coefficient (Wildman–Crippen LogP) is -4.40. The van der Waals surface area contributed by atoms with Crippen LogP contribution in [0.25, 0.3) is 33.5 Å². The van der Waals surface area contributed by atoms with Gasteiger partial charge in [-0.3, -0.25) is 37.2 Å². The Morgan fingerprint density at radius 2 is 0.901 bits per heavy atom. The Morgan fingerprint density at radius 1 is 0.556 bits per heavy atom. The topological polar surface area (TPSA) is 509 Å². The van der Waals surface area contributed by atoms with E-state index in [4.69, 9.17) is 63.7 Å². The Kier molecular flexibility index (Phi) is 18.4. The van der Waals surface area contributed by atoms with Crippen LogP contribution < -0.4 is 42.9 Å². The van der Waals surface area contributed by atoms with Gasteiger partial charge in [-0.1, -0.05) is 0 Å². The standard InChI is InChI=1S/C42H58N18O19P2/c1-46-22(62)4-7-70-31-28(65)20(76-40(31)58-16-55-25-34(43)49-13-52-37(25)58)11-73-80(66,67)79-30-21(77-42(33(30)72-9-6-24(64)48-3)60-18-57-27-36(45)51-15-54-39(27)60)12-74-81(68,69)78-29-19(10-61)75-41(32(29)71-8-5-23(63)47-2)59-17-56-26-35(44)50-14-53-38(26)59/h13-21,28-33,40-42,61,65H,4-12H2,1-3H3,(H,46,62)(H,47,63)(H,48,64)(H,66,67)(H,68,69)(H2,43,49,52)(H2,44,50,53)(H2,45,51,54)/p-2/t19-,20-,21-,28+,29+,30+,31?,32?,33?,40-,41-,42-/m1/s1. The first-order valence-electron chi connectivity index (χ1n) is 24.6. The molecular weight excluding hydrogens is 1120 g/mol. The van der Waals surface area contributed by atoms with E-state index in [1.807, 2.05) is 0 Å². The number of amides is 3. The summed E-state index contributed by atoms with van der Waals surface area (Å²) < 4.78 is 91.2. The SMILES string of the molecule is CNC(=O)CCOC1[C@@H](O)[C@@H](COP(=O)([O-])O[C@@H]2C(OCCC(=O)NC)[C@H](n3cnc4c(N)ncnc43)O[C@@H]2COP(=O)([O-])O[C@@H]2C(OCCC(=O)NC)[C@H](n3cnc4c(N)ncnc43)O[C@@H]2CO)O[C@H]1n1cnc2c(N)ncnc21. The molecule has 37 nitrogen and oxygen atoms in total. The largest absolute Gasteiger partial charge is 0.756 e. The third-order valence-corrected chi connectivity index (χ3v) is 15.0. The fraction of sp³-hybridized carbons (Fsp3) is 0.571. The van der Waals surface area contributed by atoms with E-state index in [1.54, 1.807) is 0 Å². The molecule has 3 aliphatic rings. The number of hydrogen-bond acceptors (Lipinski definition) is 31. The maximum atomic E-state index is 14.2. The van der Waals surface area contributed by atoms with Gasteiger partial charge in [0, 0.05) is 40.4 Å². The molecule has 3 saturated heterocycles. The lowest BCUT2D eigenvalue weighted by molar-refractivity contribution is -0.240. The van der Waals surface area contributed by atoms with E-state index in [-0.39, 0.29) is 89.3 Å². The quantitative estimate of drug-likeness (QED) is 0.0238. The normalized spacial score (nSPS) is 27.2. The number of ether oxygens (including phenoxy) is 6. The molecule has 440 valence electrons. The van der Waals surface area contributed by atoms with Crippen molar-refractivity contribution in [2.24, 2.45) is 0 Å². The highest BCUT2D eigenvalue weighted by molar-refractivity contribution is 7.46. The second-order valence-electron chi connectivity index (χ2n) is 18.0. The summed E-state index contributed by atoms with van der Waals surface area (Å²) in [5.74, 6) is -1.35. The number of phosphoric acid groups is 2. The number of imidazole rings is 3. The molecule has 11 N–H and O–H groups in total. The molecule has 0 bridgehead atoms. The van der Waals surface area contributed by atoms with Crippen LogP contribution in [0.5, 0.6) is 0 Å². The van der Waals surface area contributed by atoms with Crippen molar-refractivity contribution >= 4 is 84.3 Å². The number of nitrogen functional groups attached to an aromatic ring is 3. The molecule has 39 heteroatoms. The average molecular weight is 1180 g/mol. The maximum Gasteiger partial charge on any atom is 0.268 e. The van der Waals surface area contributed by atoms with Crippen LogP contribution >= 0.6 is 15.6 Å². The smallest absolute Gasteiger partial charge is 0.268 e. The number of nitrogens with two attached hydrogens (primary N) is 3. The van der Waals surface area contributed by atoms with E-state index < -0.39 is 128 Å². The summed E-state index contributed by atoms with van der Waals surface area (Å²) in [7, 11) is -7.23. The Labute approximate surface area is 456 Å². The lowest BCUT2D eigenvalue weighted by Crippen LogP contribution is -2.41. The van der Waals surface area contributed by atoms with Gasteiger partial charge in [-0.15, -0.1) is 0 Å². The number of phosphoric ester groups is 2. The fourth-order valence-corrected chi connectivity index (χ4v) is 11.0. The van der Waals surface area contributed by atoms with Crippen LogP contribution in [0.1, 0.15) is 37.9 Å². The van der Waals surface area contributed by atoms with Crippen LogP contribution in [0.4, 0.5) is 17.5 Å². The molecule has 81 heavy (non-hydrogen) atoms. The number of hydrogen-bond donors (Lipinski definition) is 8. The summed E-state index contributed by atoms with van der Waals surface area (Å²) in [4.78, 5) is 102. The minimum absolute atomic E-state index is 0.00247. The summed E-state index contributed by atoms with van der Waals surface area (Å²) in [6.07, 6.45) is -11.9. The Hall–Kier alpha value is -6.64. The van der Waals surface area contributed by atoms with Gasteiger partial charge in [0.05, 0.1) is 58.6 Å². The second-order valence-corrected chi connectivity index (χ2v) is 20.7. The number of nitrogens with zero attached hydrogens (tertiary/aromatic N) is 12. The van der Waals surface area contributed by atoms with E-state index in [2.05, 4.69) is 60.8 Å². The molecule has 3 fully saturated rings. The highest BCUT2D eigenvalue weighted by atomic mass is 31.2. The zero-order valence-corrected chi connectivity index (χ0v) is 44.9. The van der Waals surface area contributed by atoms with Crippen LogP contribution in [0, 0.1) is 0 Å². The van der Waals surface area contributed by atoms with Crippen molar-refractivity contribution in [3.63, 3.8) is 0 Å². The van der Waals surface area contributed by atoms with Crippen LogP contribution in [-0.2, 0) is 70.0 Å². The number of carbonyl (C=O) groups excluding carboxylic acids is 3. The number of fused-ring (bicyclic) bond motifs is 3. The van der Waals surface area contributed by atoms with Crippen LogP contribution in [0.15, 0.2) is 38.0 Å². The Bertz CT molecular complexity index is 3300. The molecule has 0 aromatic carbocycles.